The third-order valence-electron chi connectivity index (χ3n) is 3.41. The second-order valence-corrected chi connectivity index (χ2v) is 5.64. The van der Waals surface area contributed by atoms with E-state index in [2.05, 4.69) is 9.55 Å². The van der Waals surface area contributed by atoms with Crippen molar-refractivity contribution in [1.29, 1.82) is 0 Å². The summed E-state index contributed by atoms with van der Waals surface area (Å²) in [5, 5.41) is 0. The molecule has 2 rings (SSSR count). The van der Waals surface area contributed by atoms with Gasteiger partial charge in [-0.25, -0.2) is 9.78 Å². The Bertz CT molecular complexity index is 468. The van der Waals surface area contributed by atoms with Gasteiger partial charge in [0.25, 0.3) is 0 Å². The molecule has 0 aromatic carbocycles. The zero-order chi connectivity index (χ0) is 14.7. The van der Waals surface area contributed by atoms with E-state index in [1.165, 1.54) is 0 Å². The van der Waals surface area contributed by atoms with Crippen molar-refractivity contribution in [2.24, 2.45) is 0 Å². The number of nitrogens with zero attached hydrogens (tertiary/aromatic N) is 4. The van der Waals surface area contributed by atoms with Crippen molar-refractivity contribution in [2.75, 3.05) is 20.6 Å². The van der Waals surface area contributed by atoms with Crippen LogP contribution in [-0.2, 0) is 24.4 Å². The number of fused-ring (bicyclic) bond motifs is 1. The monoisotopic (exact) mass is 280 g/mol. The van der Waals surface area contributed by atoms with Gasteiger partial charge < -0.3 is 19.1 Å². The SMILES string of the molecule is CC(C)OCc1ncn2c1CN(C(=O)N(C)C)CCC2. The van der Waals surface area contributed by atoms with Crippen LogP contribution in [0.5, 0.6) is 0 Å². The van der Waals surface area contributed by atoms with Gasteiger partial charge in [0.1, 0.15) is 0 Å². The van der Waals surface area contributed by atoms with Crippen LogP contribution in [-0.4, -0.2) is 52.1 Å². The molecule has 0 spiro atoms. The molecule has 0 saturated carbocycles. The third-order valence-corrected chi connectivity index (χ3v) is 3.41. The number of hydrogen-bond acceptors (Lipinski definition) is 3. The smallest absolute Gasteiger partial charge is 0.319 e. The highest BCUT2D eigenvalue weighted by Gasteiger charge is 2.23. The Morgan fingerprint density at radius 3 is 2.85 bits per heavy atom. The Hall–Kier alpha value is -1.56. The minimum Gasteiger partial charge on any atom is -0.372 e. The first-order chi connectivity index (χ1) is 9.49. The summed E-state index contributed by atoms with van der Waals surface area (Å²) in [6.07, 6.45) is 2.99. The van der Waals surface area contributed by atoms with Gasteiger partial charge in [0.05, 0.1) is 37.0 Å². The lowest BCUT2D eigenvalue weighted by atomic mass is 10.3. The largest absolute Gasteiger partial charge is 0.372 e. The van der Waals surface area contributed by atoms with E-state index in [4.69, 9.17) is 4.74 Å². The molecule has 20 heavy (non-hydrogen) atoms. The lowest BCUT2D eigenvalue weighted by molar-refractivity contribution is 0.0629. The van der Waals surface area contributed by atoms with Crippen molar-refractivity contribution in [1.82, 2.24) is 19.4 Å². The first-order valence-corrected chi connectivity index (χ1v) is 7.09. The molecule has 0 bridgehead atoms. The van der Waals surface area contributed by atoms with E-state index in [1.54, 1.807) is 19.0 Å². The molecule has 0 saturated heterocycles. The fourth-order valence-electron chi connectivity index (χ4n) is 2.33. The maximum atomic E-state index is 12.2. The Morgan fingerprint density at radius 1 is 1.45 bits per heavy atom. The average Bonchev–Trinajstić information content (AvgIpc) is 2.64. The van der Waals surface area contributed by atoms with Crippen molar-refractivity contribution >= 4 is 6.03 Å². The number of hydrogen-bond donors (Lipinski definition) is 0. The topological polar surface area (TPSA) is 50.6 Å². The molecular formula is C14H24N4O2. The highest BCUT2D eigenvalue weighted by molar-refractivity contribution is 5.73. The number of ether oxygens (including phenoxy) is 1. The van der Waals surface area contributed by atoms with Crippen LogP contribution in [0.25, 0.3) is 0 Å². The van der Waals surface area contributed by atoms with Gasteiger partial charge in [0.2, 0.25) is 0 Å². The lowest BCUT2D eigenvalue weighted by Gasteiger charge is -2.24. The van der Waals surface area contributed by atoms with Gasteiger partial charge in [0.15, 0.2) is 0 Å². The molecule has 6 nitrogen and oxygen atoms in total. The predicted molar refractivity (Wildman–Crippen MR) is 76.3 cm³/mol. The van der Waals surface area contributed by atoms with Crippen LogP contribution in [0, 0.1) is 0 Å². The van der Waals surface area contributed by atoms with Gasteiger partial charge in [-0.1, -0.05) is 0 Å². The van der Waals surface area contributed by atoms with Gasteiger partial charge in [0, 0.05) is 27.2 Å². The molecule has 0 fully saturated rings. The Morgan fingerprint density at radius 2 is 2.20 bits per heavy atom. The normalized spacial score (nSPS) is 15.2. The summed E-state index contributed by atoms with van der Waals surface area (Å²) in [6.45, 7) is 6.81. The van der Waals surface area contributed by atoms with E-state index in [-0.39, 0.29) is 12.1 Å². The van der Waals surface area contributed by atoms with Gasteiger partial charge >= 0.3 is 6.03 Å². The van der Waals surface area contributed by atoms with Gasteiger partial charge in [-0.05, 0) is 20.3 Å². The number of carbonyl (C=O) groups excluding carboxylic acids is 1. The number of carbonyl (C=O) groups is 1. The molecular weight excluding hydrogens is 256 g/mol. The minimum absolute atomic E-state index is 0.0513. The molecule has 0 atom stereocenters. The van der Waals surface area contributed by atoms with Crippen LogP contribution in [0.1, 0.15) is 31.7 Å². The minimum atomic E-state index is 0.0513. The van der Waals surface area contributed by atoms with Crippen LogP contribution >= 0.6 is 0 Å². The molecule has 0 N–H and O–H groups in total. The number of urea groups is 1. The Kier molecular flexibility index (Phi) is 4.65. The van der Waals surface area contributed by atoms with Crippen LogP contribution < -0.4 is 0 Å². The second kappa shape index (κ2) is 6.26. The first kappa shape index (κ1) is 14.8. The van der Waals surface area contributed by atoms with Gasteiger partial charge in [-0.2, -0.15) is 0 Å². The van der Waals surface area contributed by atoms with Crippen molar-refractivity contribution in [3.05, 3.63) is 17.7 Å². The standard InChI is InChI=1S/C14H24N4O2/c1-11(2)20-9-12-13-8-17(14(19)16(3)4)6-5-7-18(13)10-15-12/h10-11H,5-9H2,1-4H3. The van der Waals surface area contributed by atoms with E-state index in [9.17, 15) is 4.79 Å². The predicted octanol–water partition coefficient (Wildman–Crippen LogP) is 1.70. The molecule has 6 heteroatoms. The summed E-state index contributed by atoms with van der Waals surface area (Å²) in [7, 11) is 3.57. The van der Waals surface area contributed by atoms with Crippen molar-refractivity contribution in [2.45, 2.75) is 46.1 Å². The molecule has 2 heterocycles. The highest BCUT2D eigenvalue weighted by Crippen LogP contribution is 2.18. The number of aromatic nitrogens is 2. The molecule has 1 aliphatic heterocycles. The summed E-state index contributed by atoms with van der Waals surface area (Å²) in [4.78, 5) is 20.1. The molecule has 2 amide bonds. The highest BCUT2D eigenvalue weighted by atomic mass is 16.5. The average molecular weight is 280 g/mol. The third kappa shape index (κ3) is 3.30. The van der Waals surface area contributed by atoms with Gasteiger partial charge in [-0.15, -0.1) is 0 Å². The van der Waals surface area contributed by atoms with E-state index < -0.39 is 0 Å². The van der Waals surface area contributed by atoms with Crippen LogP contribution in [0.15, 0.2) is 6.33 Å². The van der Waals surface area contributed by atoms with Crippen LogP contribution in [0.4, 0.5) is 4.79 Å². The number of rotatable bonds is 3. The first-order valence-electron chi connectivity index (χ1n) is 7.09. The molecule has 0 radical (unpaired) electrons. The second-order valence-electron chi connectivity index (χ2n) is 5.64. The summed E-state index contributed by atoms with van der Waals surface area (Å²) < 4.78 is 7.79. The zero-order valence-corrected chi connectivity index (χ0v) is 12.8. The van der Waals surface area contributed by atoms with Crippen LogP contribution in [0.2, 0.25) is 0 Å². The van der Waals surface area contributed by atoms with E-state index >= 15 is 0 Å². The quantitative estimate of drug-likeness (QED) is 0.846. The Labute approximate surface area is 120 Å². The molecule has 0 unspecified atom stereocenters. The molecule has 1 aliphatic rings. The van der Waals surface area contributed by atoms with Crippen molar-refractivity contribution in [3.8, 4) is 0 Å². The number of imidazole rings is 1. The summed E-state index contributed by atoms with van der Waals surface area (Å²) >= 11 is 0. The van der Waals surface area contributed by atoms with E-state index in [1.807, 2.05) is 25.1 Å². The maximum absolute atomic E-state index is 12.2. The van der Waals surface area contributed by atoms with Crippen molar-refractivity contribution in [3.63, 3.8) is 0 Å². The number of aryl methyl sites for hydroxylation is 1. The summed E-state index contributed by atoms with van der Waals surface area (Å²) in [5.74, 6) is 0. The van der Waals surface area contributed by atoms with Gasteiger partial charge in [-0.3, -0.25) is 0 Å². The fraction of sp³-hybridized carbons (Fsp3) is 0.714. The molecule has 1 aromatic heterocycles. The lowest BCUT2D eigenvalue weighted by Crippen LogP contribution is -2.39. The van der Waals surface area contributed by atoms with E-state index in [0.29, 0.717) is 13.2 Å². The van der Waals surface area contributed by atoms with Crippen molar-refractivity contribution < 1.29 is 9.53 Å². The molecule has 0 aliphatic carbocycles. The Balaban J connectivity index is 2.15. The summed E-state index contributed by atoms with van der Waals surface area (Å²) in [5.41, 5.74) is 2.04. The summed E-state index contributed by atoms with van der Waals surface area (Å²) in [6, 6.07) is 0.0513. The fourth-order valence-corrected chi connectivity index (χ4v) is 2.33. The molecule has 112 valence electrons. The van der Waals surface area contributed by atoms with E-state index in [0.717, 1.165) is 30.9 Å². The zero-order valence-electron chi connectivity index (χ0n) is 12.8. The van der Waals surface area contributed by atoms with Crippen LogP contribution in [0.3, 0.4) is 0 Å². The molecule has 1 aromatic rings. The maximum Gasteiger partial charge on any atom is 0.319 e. The number of amides is 2.